The Labute approximate surface area is 157 Å². The molecular formula is C20H22N2O5. The fraction of sp³-hybridized carbons (Fsp3) is 0.400. The highest BCUT2D eigenvalue weighted by molar-refractivity contribution is 6.00. The molecule has 0 bridgehead atoms. The molecule has 2 atom stereocenters. The number of aryl methyl sites for hydroxylation is 1. The van der Waals surface area contributed by atoms with Crippen LogP contribution in [-0.2, 0) is 14.3 Å². The van der Waals surface area contributed by atoms with Crippen LogP contribution in [0.5, 0.6) is 0 Å². The van der Waals surface area contributed by atoms with Crippen molar-refractivity contribution in [2.45, 2.75) is 32.6 Å². The number of rotatable bonds is 6. The summed E-state index contributed by atoms with van der Waals surface area (Å²) in [6.45, 7) is 1.28. The number of amides is 1. The number of Topliss-reactive ketones (excluding diaryl/α,β-unsaturated/α-hetero) is 1. The summed E-state index contributed by atoms with van der Waals surface area (Å²) >= 11 is 0. The van der Waals surface area contributed by atoms with Gasteiger partial charge < -0.3 is 14.6 Å². The number of nitrogens with zero attached hydrogens (tertiary/aromatic N) is 1. The van der Waals surface area contributed by atoms with Gasteiger partial charge in [-0.1, -0.05) is 48.3 Å². The second kappa shape index (κ2) is 8.62. The third kappa shape index (κ3) is 4.81. The normalized spacial score (nSPS) is 19.3. The van der Waals surface area contributed by atoms with Gasteiger partial charge in [0.1, 0.15) is 5.76 Å². The molecule has 2 unspecified atom stereocenters. The number of ketones is 1. The van der Waals surface area contributed by atoms with Crippen molar-refractivity contribution in [2.24, 2.45) is 11.8 Å². The second-order valence-corrected chi connectivity index (χ2v) is 6.71. The monoisotopic (exact) mass is 370 g/mol. The van der Waals surface area contributed by atoms with Gasteiger partial charge in [0.05, 0.1) is 5.92 Å². The molecule has 1 heterocycles. The van der Waals surface area contributed by atoms with Crippen LogP contribution in [0.15, 0.2) is 40.9 Å². The third-order valence-corrected chi connectivity index (χ3v) is 4.70. The van der Waals surface area contributed by atoms with Crippen LogP contribution in [0.3, 0.4) is 0 Å². The first-order chi connectivity index (χ1) is 13.0. The Morgan fingerprint density at radius 3 is 2.52 bits per heavy atom. The average Bonchev–Trinajstić information content (AvgIpc) is 3.10. The Bertz CT molecular complexity index is 815. The topological polar surface area (TPSA) is 98.5 Å². The molecule has 1 amide bonds. The van der Waals surface area contributed by atoms with Crippen LogP contribution in [-0.4, -0.2) is 29.4 Å². The van der Waals surface area contributed by atoms with Gasteiger partial charge in [-0.3, -0.25) is 14.4 Å². The molecule has 1 saturated carbocycles. The van der Waals surface area contributed by atoms with Crippen molar-refractivity contribution in [1.82, 2.24) is 5.16 Å². The van der Waals surface area contributed by atoms with Crippen molar-refractivity contribution in [3.05, 3.63) is 47.7 Å². The van der Waals surface area contributed by atoms with E-state index in [1.807, 2.05) is 6.07 Å². The smallest absolute Gasteiger partial charge is 0.310 e. The van der Waals surface area contributed by atoms with E-state index in [1.54, 1.807) is 37.3 Å². The first kappa shape index (κ1) is 18.8. The van der Waals surface area contributed by atoms with Crippen molar-refractivity contribution in [1.29, 1.82) is 0 Å². The number of ether oxygens (including phenoxy) is 1. The molecule has 0 spiro atoms. The molecule has 1 N–H and O–H groups in total. The zero-order valence-electron chi connectivity index (χ0n) is 15.1. The Balaban J connectivity index is 1.58. The number of carbonyl (C=O) groups is 3. The Hall–Kier alpha value is -2.96. The Morgan fingerprint density at radius 2 is 1.85 bits per heavy atom. The molecule has 1 aromatic carbocycles. The standard InChI is InChI=1S/C20H22N2O5/c1-13-11-17(22-27-13)21-18(23)12-26-20(25)16-10-6-5-9-15(16)19(24)14-7-3-2-4-8-14/h2-4,7-8,11,15-16H,5-6,9-10,12H2,1H3,(H,21,22,23). The second-order valence-electron chi connectivity index (χ2n) is 6.71. The van der Waals surface area contributed by atoms with Gasteiger partial charge in [-0.05, 0) is 19.8 Å². The Morgan fingerprint density at radius 1 is 1.15 bits per heavy atom. The highest BCUT2D eigenvalue weighted by Gasteiger charge is 2.37. The summed E-state index contributed by atoms with van der Waals surface area (Å²) < 4.78 is 10.0. The quantitative estimate of drug-likeness (QED) is 0.619. The molecule has 7 heteroatoms. The summed E-state index contributed by atoms with van der Waals surface area (Å²) in [5, 5.41) is 6.14. The number of anilines is 1. The summed E-state index contributed by atoms with van der Waals surface area (Å²) in [6.07, 6.45) is 3.01. The van der Waals surface area contributed by atoms with E-state index >= 15 is 0 Å². The average molecular weight is 370 g/mol. The van der Waals surface area contributed by atoms with Gasteiger partial charge >= 0.3 is 5.97 Å². The van der Waals surface area contributed by atoms with Crippen LogP contribution < -0.4 is 5.32 Å². The van der Waals surface area contributed by atoms with Gasteiger partial charge in [-0.2, -0.15) is 0 Å². The summed E-state index contributed by atoms with van der Waals surface area (Å²) in [5.41, 5.74) is 0.598. The largest absolute Gasteiger partial charge is 0.455 e. The van der Waals surface area contributed by atoms with Crippen molar-refractivity contribution in [2.75, 3.05) is 11.9 Å². The van der Waals surface area contributed by atoms with Crippen LogP contribution in [0.2, 0.25) is 0 Å². The van der Waals surface area contributed by atoms with E-state index < -0.39 is 30.3 Å². The zero-order chi connectivity index (χ0) is 19.2. The number of hydrogen-bond donors (Lipinski definition) is 1. The molecule has 2 aromatic rings. The lowest BCUT2D eigenvalue weighted by Gasteiger charge is -2.28. The number of hydrogen-bond acceptors (Lipinski definition) is 6. The zero-order valence-corrected chi connectivity index (χ0v) is 15.1. The van der Waals surface area contributed by atoms with Crippen molar-refractivity contribution >= 4 is 23.5 Å². The minimum absolute atomic E-state index is 0.0419. The predicted octanol–water partition coefficient (Wildman–Crippen LogP) is 3.15. The molecule has 142 valence electrons. The van der Waals surface area contributed by atoms with Crippen molar-refractivity contribution in [3.63, 3.8) is 0 Å². The number of nitrogens with one attached hydrogen (secondary N) is 1. The molecule has 1 aliphatic rings. The van der Waals surface area contributed by atoms with E-state index in [1.165, 1.54) is 0 Å². The molecule has 7 nitrogen and oxygen atoms in total. The third-order valence-electron chi connectivity index (χ3n) is 4.70. The molecular weight excluding hydrogens is 348 g/mol. The molecule has 1 fully saturated rings. The van der Waals surface area contributed by atoms with E-state index in [-0.39, 0.29) is 11.6 Å². The van der Waals surface area contributed by atoms with E-state index in [0.717, 1.165) is 12.8 Å². The first-order valence-electron chi connectivity index (χ1n) is 9.03. The molecule has 27 heavy (non-hydrogen) atoms. The first-order valence-corrected chi connectivity index (χ1v) is 9.03. The van der Waals surface area contributed by atoms with E-state index in [9.17, 15) is 14.4 Å². The van der Waals surface area contributed by atoms with E-state index in [2.05, 4.69) is 10.5 Å². The van der Waals surface area contributed by atoms with Crippen LogP contribution in [0.1, 0.15) is 41.8 Å². The van der Waals surface area contributed by atoms with Gasteiger partial charge in [0, 0.05) is 17.5 Å². The Kier molecular flexibility index (Phi) is 6.01. The number of carbonyl (C=O) groups excluding carboxylic acids is 3. The maximum atomic E-state index is 12.8. The molecule has 0 radical (unpaired) electrons. The molecule has 3 rings (SSSR count). The number of aromatic nitrogens is 1. The highest BCUT2D eigenvalue weighted by atomic mass is 16.5. The maximum absolute atomic E-state index is 12.8. The summed E-state index contributed by atoms with van der Waals surface area (Å²) in [4.78, 5) is 37.2. The molecule has 0 saturated heterocycles. The number of esters is 1. The fourth-order valence-electron chi connectivity index (χ4n) is 3.39. The van der Waals surface area contributed by atoms with Crippen LogP contribution in [0.25, 0.3) is 0 Å². The lowest BCUT2D eigenvalue weighted by molar-refractivity contribution is -0.153. The highest BCUT2D eigenvalue weighted by Crippen LogP contribution is 2.33. The molecule has 1 aliphatic carbocycles. The van der Waals surface area contributed by atoms with Crippen molar-refractivity contribution in [3.8, 4) is 0 Å². The SMILES string of the molecule is Cc1cc(NC(=O)COC(=O)C2CCCCC2C(=O)c2ccccc2)no1. The van der Waals surface area contributed by atoms with Crippen molar-refractivity contribution < 1.29 is 23.6 Å². The summed E-state index contributed by atoms with van der Waals surface area (Å²) in [7, 11) is 0. The number of benzene rings is 1. The fourth-order valence-corrected chi connectivity index (χ4v) is 3.39. The van der Waals surface area contributed by atoms with Gasteiger partial charge in [-0.15, -0.1) is 0 Å². The minimum Gasteiger partial charge on any atom is -0.455 e. The minimum atomic E-state index is -0.520. The van der Waals surface area contributed by atoms with Gasteiger partial charge in [-0.25, -0.2) is 0 Å². The molecule has 1 aromatic heterocycles. The van der Waals surface area contributed by atoms with Gasteiger partial charge in [0.15, 0.2) is 18.2 Å². The predicted molar refractivity (Wildman–Crippen MR) is 97.0 cm³/mol. The molecule has 0 aliphatic heterocycles. The van der Waals surface area contributed by atoms with Gasteiger partial charge in [0.25, 0.3) is 5.91 Å². The van der Waals surface area contributed by atoms with Crippen LogP contribution in [0.4, 0.5) is 5.82 Å². The summed E-state index contributed by atoms with van der Waals surface area (Å²) in [6, 6.07) is 10.5. The van der Waals surface area contributed by atoms with E-state index in [0.29, 0.717) is 24.2 Å². The lowest BCUT2D eigenvalue weighted by Crippen LogP contribution is -2.35. The summed E-state index contributed by atoms with van der Waals surface area (Å²) in [5.74, 6) is -1.15. The van der Waals surface area contributed by atoms with Crippen LogP contribution in [0, 0.1) is 18.8 Å². The van der Waals surface area contributed by atoms with Gasteiger partial charge in [0.2, 0.25) is 0 Å². The maximum Gasteiger partial charge on any atom is 0.310 e. The van der Waals surface area contributed by atoms with Crippen LogP contribution >= 0.6 is 0 Å². The lowest BCUT2D eigenvalue weighted by atomic mass is 9.75. The van der Waals surface area contributed by atoms with E-state index in [4.69, 9.17) is 9.26 Å².